The van der Waals surface area contributed by atoms with Crippen molar-refractivity contribution >= 4 is 45.0 Å². The van der Waals surface area contributed by atoms with Gasteiger partial charge in [0.25, 0.3) is 0 Å². The van der Waals surface area contributed by atoms with Crippen LogP contribution in [-0.4, -0.2) is 50.8 Å². The van der Waals surface area contributed by atoms with E-state index >= 15 is 0 Å². The lowest BCUT2D eigenvalue weighted by molar-refractivity contribution is -0.123. The number of aromatic nitrogens is 3. The van der Waals surface area contributed by atoms with Crippen LogP contribution in [0.2, 0.25) is 0 Å². The van der Waals surface area contributed by atoms with Crippen molar-refractivity contribution in [1.82, 2.24) is 19.9 Å². The van der Waals surface area contributed by atoms with Gasteiger partial charge in [-0.25, -0.2) is 9.78 Å². The fraction of sp³-hybridized carbons (Fsp3) is 0.400. The average Bonchev–Trinajstić information content (AvgIpc) is 3.31. The monoisotopic (exact) mass is 428 g/mol. The number of aryl methyl sites for hydroxylation is 1. The summed E-state index contributed by atoms with van der Waals surface area (Å²) in [5, 5.41) is 8.34. The summed E-state index contributed by atoms with van der Waals surface area (Å²) in [7, 11) is 0. The summed E-state index contributed by atoms with van der Waals surface area (Å²) in [6.07, 6.45) is 1.40. The van der Waals surface area contributed by atoms with Crippen LogP contribution in [0.3, 0.4) is 0 Å². The second-order valence-electron chi connectivity index (χ2n) is 7.60. The third-order valence-electron chi connectivity index (χ3n) is 5.46. The summed E-state index contributed by atoms with van der Waals surface area (Å²) in [4.78, 5) is 48.3. The Balaban J connectivity index is 1.30. The van der Waals surface area contributed by atoms with Gasteiger partial charge >= 0.3 is 5.69 Å². The van der Waals surface area contributed by atoms with E-state index in [0.29, 0.717) is 47.8 Å². The molecular weight excluding hydrogens is 404 g/mol. The summed E-state index contributed by atoms with van der Waals surface area (Å²) < 4.78 is 0. The SMILES string of the molecule is Cc1csc(NC(=O)C2CCN([C@H](C)C(=O)Nc3ccc4[nH]c(=O)[nH]c4c3)CC2)n1. The van der Waals surface area contributed by atoms with Gasteiger partial charge in [-0.3, -0.25) is 14.5 Å². The van der Waals surface area contributed by atoms with Gasteiger partial charge in [-0.2, -0.15) is 0 Å². The first kappa shape index (κ1) is 20.3. The van der Waals surface area contributed by atoms with Crippen LogP contribution in [0.15, 0.2) is 28.4 Å². The summed E-state index contributed by atoms with van der Waals surface area (Å²) in [6.45, 7) is 5.11. The average molecular weight is 429 g/mol. The third-order valence-corrected chi connectivity index (χ3v) is 6.34. The number of carbonyl (C=O) groups excluding carboxylic acids is 2. The number of hydrogen-bond acceptors (Lipinski definition) is 6. The molecule has 9 nitrogen and oxygen atoms in total. The molecule has 3 aromatic rings. The number of imidazole rings is 1. The highest BCUT2D eigenvalue weighted by atomic mass is 32.1. The number of thiazole rings is 1. The first-order valence-electron chi connectivity index (χ1n) is 9.89. The van der Waals surface area contributed by atoms with E-state index in [1.807, 2.05) is 19.2 Å². The number of hydrogen-bond donors (Lipinski definition) is 4. The second kappa shape index (κ2) is 8.41. The van der Waals surface area contributed by atoms with Gasteiger partial charge in [-0.15, -0.1) is 11.3 Å². The minimum atomic E-state index is -0.323. The van der Waals surface area contributed by atoms with Gasteiger partial charge in [0.05, 0.1) is 22.8 Å². The van der Waals surface area contributed by atoms with E-state index in [1.54, 1.807) is 18.2 Å². The number of piperidine rings is 1. The van der Waals surface area contributed by atoms with Crippen LogP contribution in [0.5, 0.6) is 0 Å². The zero-order chi connectivity index (χ0) is 21.3. The van der Waals surface area contributed by atoms with Crippen LogP contribution in [0.4, 0.5) is 10.8 Å². The molecule has 1 atom stereocenters. The van der Waals surface area contributed by atoms with Crippen molar-refractivity contribution in [2.45, 2.75) is 32.7 Å². The highest BCUT2D eigenvalue weighted by molar-refractivity contribution is 7.13. The number of aromatic amines is 2. The maximum atomic E-state index is 12.7. The van der Waals surface area contributed by atoms with Crippen LogP contribution >= 0.6 is 11.3 Å². The van der Waals surface area contributed by atoms with Crippen molar-refractivity contribution in [2.24, 2.45) is 5.92 Å². The summed E-state index contributed by atoms with van der Waals surface area (Å²) in [6, 6.07) is 4.92. The molecule has 1 fully saturated rings. The van der Waals surface area contributed by atoms with E-state index < -0.39 is 0 Å². The zero-order valence-electron chi connectivity index (χ0n) is 16.8. The summed E-state index contributed by atoms with van der Waals surface area (Å²) >= 11 is 1.43. The van der Waals surface area contributed by atoms with Gasteiger partial charge in [0.2, 0.25) is 11.8 Å². The van der Waals surface area contributed by atoms with Crippen molar-refractivity contribution < 1.29 is 9.59 Å². The molecule has 2 aromatic heterocycles. The van der Waals surface area contributed by atoms with E-state index in [2.05, 4.69) is 30.5 Å². The van der Waals surface area contributed by atoms with E-state index in [4.69, 9.17) is 0 Å². The lowest BCUT2D eigenvalue weighted by Gasteiger charge is -2.34. The predicted molar refractivity (Wildman–Crippen MR) is 117 cm³/mol. The van der Waals surface area contributed by atoms with Crippen LogP contribution in [0, 0.1) is 12.8 Å². The van der Waals surface area contributed by atoms with Gasteiger partial charge < -0.3 is 20.6 Å². The number of benzene rings is 1. The molecule has 0 aliphatic carbocycles. The first-order valence-corrected chi connectivity index (χ1v) is 10.8. The number of amides is 2. The van der Waals surface area contributed by atoms with Gasteiger partial charge in [-0.1, -0.05) is 0 Å². The van der Waals surface area contributed by atoms with E-state index in [9.17, 15) is 14.4 Å². The Bertz CT molecular complexity index is 1120. The molecule has 0 unspecified atom stereocenters. The lowest BCUT2D eigenvalue weighted by atomic mass is 9.95. The molecule has 1 saturated heterocycles. The molecule has 0 radical (unpaired) electrons. The lowest BCUT2D eigenvalue weighted by Crippen LogP contribution is -2.47. The molecule has 10 heteroatoms. The molecule has 3 heterocycles. The van der Waals surface area contributed by atoms with Crippen molar-refractivity contribution in [2.75, 3.05) is 23.7 Å². The number of fused-ring (bicyclic) bond motifs is 1. The van der Waals surface area contributed by atoms with Crippen LogP contribution in [0.25, 0.3) is 11.0 Å². The van der Waals surface area contributed by atoms with E-state index in [1.165, 1.54) is 11.3 Å². The largest absolute Gasteiger partial charge is 0.325 e. The van der Waals surface area contributed by atoms with Gasteiger partial charge in [-0.05, 0) is 58.0 Å². The molecule has 158 valence electrons. The molecule has 0 spiro atoms. The van der Waals surface area contributed by atoms with Crippen molar-refractivity contribution in [3.05, 3.63) is 39.8 Å². The van der Waals surface area contributed by atoms with Gasteiger partial charge in [0.1, 0.15) is 0 Å². The molecule has 30 heavy (non-hydrogen) atoms. The summed E-state index contributed by atoms with van der Waals surface area (Å²) in [5.41, 5.74) is 2.58. The molecule has 1 aliphatic heterocycles. The molecule has 0 saturated carbocycles. The fourth-order valence-corrected chi connectivity index (χ4v) is 4.38. The first-order chi connectivity index (χ1) is 14.4. The van der Waals surface area contributed by atoms with Crippen molar-refractivity contribution in [3.8, 4) is 0 Å². The number of carbonyl (C=O) groups is 2. The molecule has 1 aromatic carbocycles. The van der Waals surface area contributed by atoms with Gasteiger partial charge in [0, 0.05) is 17.0 Å². The second-order valence-corrected chi connectivity index (χ2v) is 8.46. The van der Waals surface area contributed by atoms with E-state index in [-0.39, 0.29) is 29.5 Å². The molecule has 1 aliphatic rings. The van der Waals surface area contributed by atoms with E-state index in [0.717, 1.165) is 5.69 Å². The topological polar surface area (TPSA) is 123 Å². The molecule has 0 bridgehead atoms. The van der Waals surface area contributed by atoms with Gasteiger partial charge in [0.15, 0.2) is 5.13 Å². The van der Waals surface area contributed by atoms with Crippen LogP contribution in [0.1, 0.15) is 25.5 Å². The molecular formula is C20H24N6O3S. The number of nitrogens with one attached hydrogen (secondary N) is 4. The summed E-state index contributed by atoms with van der Waals surface area (Å²) in [5.74, 6) is -0.197. The molecule has 4 N–H and O–H groups in total. The maximum Gasteiger partial charge on any atom is 0.323 e. The van der Waals surface area contributed by atoms with Crippen molar-refractivity contribution in [1.29, 1.82) is 0 Å². The minimum Gasteiger partial charge on any atom is -0.325 e. The standard InChI is InChI=1S/C20H24N6O3S/c1-11-10-30-20(21-11)25-18(28)13-5-7-26(8-6-13)12(2)17(27)22-14-3-4-15-16(9-14)24-19(29)23-15/h3-4,9-10,12-13H,5-8H2,1-2H3,(H,22,27)(H,21,25,28)(H2,23,24,29)/t12-/m1/s1. The quantitative estimate of drug-likeness (QED) is 0.497. The Morgan fingerprint density at radius 1 is 1.20 bits per heavy atom. The Morgan fingerprint density at radius 2 is 1.93 bits per heavy atom. The number of rotatable bonds is 5. The number of nitrogens with zero attached hydrogens (tertiary/aromatic N) is 2. The minimum absolute atomic E-state index is 0.00472. The van der Waals surface area contributed by atoms with Crippen LogP contribution in [-0.2, 0) is 9.59 Å². The fourth-order valence-electron chi connectivity index (χ4n) is 3.69. The highest BCUT2D eigenvalue weighted by Gasteiger charge is 2.30. The Hall–Kier alpha value is -2.98. The smallest absolute Gasteiger partial charge is 0.323 e. The highest BCUT2D eigenvalue weighted by Crippen LogP contribution is 2.23. The Morgan fingerprint density at radius 3 is 2.63 bits per heavy atom. The predicted octanol–water partition coefficient (Wildman–Crippen LogP) is 2.30. The number of anilines is 2. The zero-order valence-corrected chi connectivity index (χ0v) is 17.6. The maximum absolute atomic E-state index is 12.7. The third kappa shape index (κ3) is 4.44. The molecule has 4 rings (SSSR count). The Kier molecular flexibility index (Phi) is 5.69. The Labute approximate surface area is 176 Å². The normalized spacial score (nSPS) is 16.5. The van der Waals surface area contributed by atoms with Crippen LogP contribution < -0.4 is 16.3 Å². The number of likely N-dealkylation sites (tertiary alicyclic amines) is 1. The molecule has 2 amide bonds. The number of H-pyrrole nitrogens is 2. The van der Waals surface area contributed by atoms with Crippen molar-refractivity contribution in [3.63, 3.8) is 0 Å².